The number of hydrogen-bond acceptors (Lipinski definition) is 1. The lowest BCUT2D eigenvalue weighted by molar-refractivity contribution is 0.127. The average molecular weight is 431 g/mol. The number of rotatable bonds is 4. The zero-order valence-electron chi connectivity index (χ0n) is 19.8. The van der Waals surface area contributed by atoms with Crippen LogP contribution in [0.1, 0.15) is 49.9 Å². The lowest BCUT2D eigenvalue weighted by atomic mass is 9.73. The highest BCUT2D eigenvalue weighted by Crippen LogP contribution is 2.49. The summed E-state index contributed by atoms with van der Waals surface area (Å²) >= 11 is 0. The Bertz CT molecular complexity index is 1350. The molecule has 164 valence electrons. The second-order valence-corrected chi connectivity index (χ2v) is 9.22. The van der Waals surface area contributed by atoms with Gasteiger partial charge in [0.15, 0.2) is 0 Å². The average Bonchev–Trinajstić information content (AvgIpc) is 3.06. The van der Waals surface area contributed by atoms with E-state index in [2.05, 4.69) is 64.1 Å². The minimum absolute atomic E-state index is 0.306. The fourth-order valence-electron chi connectivity index (χ4n) is 5.50. The molecule has 1 atom stereocenters. The Hall–Kier alpha value is -3.42. The van der Waals surface area contributed by atoms with Crippen LogP contribution in [-0.4, -0.2) is 5.11 Å². The predicted octanol–water partition coefficient (Wildman–Crippen LogP) is 7.88. The molecule has 5 rings (SSSR count). The zero-order valence-corrected chi connectivity index (χ0v) is 19.8. The first-order valence-corrected chi connectivity index (χ1v) is 11.7. The summed E-state index contributed by atoms with van der Waals surface area (Å²) in [6.07, 6.45) is 0. The largest absolute Gasteiger partial charge is 0.376 e. The molecule has 0 aliphatic heterocycles. The third kappa shape index (κ3) is 3.27. The molecule has 0 saturated heterocycles. The van der Waals surface area contributed by atoms with Gasteiger partial charge < -0.3 is 5.11 Å². The van der Waals surface area contributed by atoms with Gasteiger partial charge in [-0.1, -0.05) is 110 Å². The number of allylic oxidation sites excluding steroid dienone is 4. The van der Waals surface area contributed by atoms with Gasteiger partial charge in [-0.3, -0.25) is 0 Å². The van der Waals surface area contributed by atoms with E-state index in [4.69, 9.17) is 0 Å². The summed E-state index contributed by atoms with van der Waals surface area (Å²) in [5, 5.41) is 15.0. The van der Waals surface area contributed by atoms with Crippen molar-refractivity contribution in [3.63, 3.8) is 0 Å². The molecule has 1 heteroatoms. The van der Waals surface area contributed by atoms with Crippen LogP contribution in [0.3, 0.4) is 0 Å². The van der Waals surface area contributed by atoms with Crippen molar-refractivity contribution < 1.29 is 5.11 Å². The van der Waals surface area contributed by atoms with Crippen molar-refractivity contribution in [3.8, 4) is 0 Å². The molecule has 0 saturated carbocycles. The number of benzene rings is 4. The highest BCUT2D eigenvalue weighted by molar-refractivity contribution is 5.94. The summed E-state index contributed by atoms with van der Waals surface area (Å²) in [7, 11) is 0. The molecule has 0 amide bonds. The van der Waals surface area contributed by atoms with Gasteiger partial charge >= 0.3 is 0 Å². The van der Waals surface area contributed by atoms with E-state index in [0.29, 0.717) is 5.92 Å². The minimum atomic E-state index is -1.30. The van der Waals surface area contributed by atoms with Gasteiger partial charge in [-0.15, -0.1) is 0 Å². The SMILES string of the molecule is CC1=C(C)C(C)C(c2ccc3ccccc3c2C(O)(c2ccccc2)c2ccccc2)=C1C. The number of hydrogen-bond donors (Lipinski definition) is 1. The summed E-state index contributed by atoms with van der Waals surface area (Å²) < 4.78 is 0. The molecule has 1 aliphatic carbocycles. The topological polar surface area (TPSA) is 20.2 Å². The fourth-order valence-corrected chi connectivity index (χ4v) is 5.50. The Kier molecular flexibility index (Phi) is 5.31. The number of aliphatic hydroxyl groups is 1. The van der Waals surface area contributed by atoms with Crippen LogP contribution >= 0.6 is 0 Å². The zero-order chi connectivity index (χ0) is 23.2. The Labute approximate surface area is 196 Å². The highest BCUT2D eigenvalue weighted by Gasteiger charge is 2.39. The lowest BCUT2D eigenvalue weighted by Gasteiger charge is -2.34. The highest BCUT2D eigenvalue weighted by atomic mass is 16.3. The first-order valence-electron chi connectivity index (χ1n) is 11.7. The van der Waals surface area contributed by atoms with Gasteiger partial charge in [0, 0.05) is 11.5 Å². The molecule has 0 fully saturated rings. The van der Waals surface area contributed by atoms with Crippen LogP contribution in [0.2, 0.25) is 0 Å². The van der Waals surface area contributed by atoms with Crippen LogP contribution in [0, 0.1) is 5.92 Å². The molecule has 0 aromatic heterocycles. The Morgan fingerprint density at radius 3 is 1.73 bits per heavy atom. The van der Waals surface area contributed by atoms with Crippen molar-refractivity contribution in [2.75, 3.05) is 0 Å². The third-order valence-electron chi connectivity index (χ3n) is 7.60. The molecular formula is C32H30O. The molecule has 0 spiro atoms. The Balaban J connectivity index is 1.93. The molecule has 4 aromatic rings. The molecule has 1 unspecified atom stereocenters. The van der Waals surface area contributed by atoms with E-state index < -0.39 is 5.60 Å². The maximum Gasteiger partial charge on any atom is 0.141 e. The van der Waals surface area contributed by atoms with Gasteiger partial charge in [-0.2, -0.15) is 0 Å². The van der Waals surface area contributed by atoms with Gasteiger partial charge in [-0.05, 0) is 65.0 Å². The van der Waals surface area contributed by atoms with Crippen LogP contribution in [0.5, 0.6) is 0 Å². The molecular weight excluding hydrogens is 400 g/mol. The fraction of sp³-hybridized carbons (Fsp3) is 0.188. The smallest absolute Gasteiger partial charge is 0.141 e. The van der Waals surface area contributed by atoms with Gasteiger partial charge in [0.25, 0.3) is 0 Å². The van der Waals surface area contributed by atoms with Gasteiger partial charge in [0.2, 0.25) is 0 Å². The first kappa shape index (κ1) is 21.4. The number of fused-ring (bicyclic) bond motifs is 1. The van der Waals surface area contributed by atoms with Crippen molar-refractivity contribution in [1.82, 2.24) is 0 Å². The van der Waals surface area contributed by atoms with Crippen molar-refractivity contribution in [3.05, 3.63) is 136 Å². The van der Waals surface area contributed by atoms with Crippen molar-refractivity contribution >= 4 is 16.3 Å². The molecule has 0 radical (unpaired) electrons. The van der Waals surface area contributed by atoms with Crippen molar-refractivity contribution in [2.24, 2.45) is 5.92 Å². The molecule has 1 aliphatic rings. The van der Waals surface area contributed by atoms with Crippen molar-refractivity contribution in [1.29, 1.82) is 0 Å². The van der Waals surface area contributed by atoms with E-state index >= 15 is 0 Å². The quantitative estimate of drug-likeness (QED) is 0.326. The van der Waals surface area contributed by atoms with Crippen LogP contribution in [0.15, 0.2) is 114 Å². The van der Waals surface area contributed by atoms with Crippen LogP contribution in [-0.2, 0) is 5.60 Å². The minimum Gasteiger partial charge on any atom is -0.376 e. The Morgan fingerprint density at radius 2 is 1.18 bits per heavy atom. The third-order valence-corrected chi connectivity index (χ3v) is 7.60. The lowest BCUT2D eigenvalue weighted by Crippen LogP contribution is -2.30. The van der Waals surface area contributed by atoms with Crippen molar-refractivity contribution in [2.45, 2.75) is 33.3 Å². The maximum atomic E-state index is 12.8. The summed E-state index contributed by atoms with van der Waals surface area (Å²) in [4.78, 5) is 0. The van der Waals surface area contributed by atoms with E-state index in [1.807, 2.05) is 60.7 Å². The maximum absolute atomic E-state index is 12.8. The van der Waals surface area contributed by atoms with Gasteiger partial charge in [0.1, 0.15) is 5.60 Å². The van der Waals surface area contributed by atoms with Gasteiger partial charge in [-0.25, -0.2) is 0 Å². The van der Waals surface area contributed by atoms with Crippen LogP contribution in [0.4, 0.5) is 0 Å². The second kappa shape index (κ2) is 8.17. The van der Waals surface area contributed by atoms with E-state index in [9.17, 15) is 5.11 Å². The Morgan fingerprint density at radius 1 is 0.636 bits per heavy atom. The van der Waals surface area contributed by atoms with E-state index in [1.54, 1.807) is 0 Å². The monoisotopic (exact) mass is 430 g/mol. The summed E-state index contributed by atoms with van der Waals surface area (Å²) in [6.45, 7) is 8.96. The molecule has 4 aromatic carbocycles. The normalized spacial score (nSPS) is 16.7. The first-order chi connectivity index (χ1) is 15.9. The van der Waals surface area contributed by atoms with E-state index in [0.717, 1.165) is 33.0 Å². The molecule has 33 heavy (non-hydrogen) atoms. The standard InChI is InChI=1S/C32H30O/c1-21-22(2)24(4)30(23(21)3)29-20-19-25-13-11-12-18-28(25)31(29)32(33,26-14-7-5-8-15-26)27-16-9-6-10-17-27/h5-20,23,33H,1-4H3. The summed E-state index contributed by atoms with van der Waals surface area (Å²) in [5.74, 6) is 0.306. The van der Waals surface area contributed by atoms with Crippen LogP contribution in [0.25, 0.3) is 16.3 Å². The molecule has 0 heterocycles. The summed E-state index contributed by atoms with van der Waals surface area (Å²) in [5.41, 5.74) is 7.95. The summed E-state index contributed by atoms with van der Waals surface area (Å²) in [6, 6.07) is 33.0. The molecule has 0 bridgehead atoms. The molecule has 1 nitrogen and oxygen atoms in total. The second-order valence-electron chi connectivity index (χ2n) is 9.22. The van der Waals surface area contributed by atoms with Crippen LogP contribution < -0.4 is 0 Å². The predicted molar refractivity (Wildman–Crippen MR) is 139 cm³/mol. The van der Waals surface area contributed by atoms with E-state index in [-0.39, 0.29) is 0 Å². The van der Waals surface area contributed by atoms with E-state index in [1.165, 1.54) is 22.3 Å². The molecule has 1 N–H and O–H groups in total. The van der Waals surface area contributed by atoms with Gasteiger partial charge in [0.05, 0.1) is 0 Å².